The Labute approximate surface area is 120 Å². The summed E-state index contributed by atoms with van der Waals surface area (Å²) in [6.07, 6.45) is 1.14. The number of hydrogen-bond donors (Lipinski definition) is 2. The Bertz CT molecular complexity index is 634. The largest absolute Gasteiger partial charge is 0.356 e. The molecule has 0 aliphatic carbocycles. The number of hydrogen-bond acceptors (Lipinski definition) is 5. The van der Waals surface area contributed by atoms with E-state index in [0.717, 1.165) is 16.6 Å². The van der Waals surface area contributed by atoms with Gasteiger partial charge in [-0.05, 0) is 25.0 Å². The Balaban J connectivity index is 1.75. The SMILES string of the molecule is N[C@@H](CC1CCNC1=O)C(=O)c1nc2ccccc2s1. The number of thiazole rings is 1. The molecule has 6 heteroatoms. The highest BCUT2D eigenvalue weighted by Crippen LogP contribution is 2.24. The van der Waals surface area contributed by atoms with Crippen LogP contribution in [0.5, 0.6) is 0 Å². The van der Waals surface area contributed by atoms with Crippen molar-refractivity contribution in [1.29, 1.82) is 0 Å². The number of amides is 1. The zero-order valence-electron chi connectivity index (χ0n) is 10.8. The standard InChI is InChI=1S/C14H15N3O2S/c15-9(7-8-5-6-16-13(8)19)12(18)14-17-10-3-1-2-4-11(10)20-14/h1-4,8-9H,5-7,15H2,(H,16,19)/t8?,9-/m0/s1. The van der Waals surface area contributed by atoms with E-state index in [1.54, 1.807) is 0 Å². The van der Waals surface area contributed by atoms with E-state index in [-0.39, 0.29) is 17.6 Å². The number of rotatable bonds is 4. The number of carbonyl (C=O) groups is 2. The molecule has 5 nitrogen and oxygen atoms in total. The second kappa shape index (κ2) is 5.30. The van der Waals surface area contributed by atoms with Gasteiger partial charge in [-0.1, -0.05) is 12.1 Å². The van der Waals surface area contributed by atoms with Crippen LogP contribution in [0.25, 0.3) is 10.2 Å². The Morgan fingerprint density at radius 1 is 1.50 bits per heavy atom. The number of carbonyl (C=O) groups excluding carboxylic acids is 2. The summed E-state index contributed by atoms with van der Waals surface area (Å²) in [4.78, 5) is 28.1. The lowest BCUT2D eigenvalue weighted by Gasteiger charge is -2.12. The topological polar surface area (TPSA) is 85.1 Å². The molecule has 0 bridgehead atoms. The van der Waals surface area contributed by atoms with Gasteiger partial charge in [0, 0.05) is 12.5 Å². The number of ketones is 1. The zero-order chi connectivity index (χ0) is 14.1. The van der Waals surface area contributed by atoms with Crippen LogP contribution in [0.4, 0.5) is 0 Å². The maximum atomic E-state index is 12.3. The second-order valence-corrected chi connectivity index (χ2v) is 6.00. The third kappa shape index (κ3) is 2.44. The van der Waals surface area contributed by atoms with Crippen molar-refractivity contribution in [3.8, 4) is 0 Å². The molecule has 2 heterocycles. The van der Waals surface area contributed by atoms with Crippen LogP contribution in [0.3, 0.4) is 0 Å². The summed E-state index contributed by atoms with van der Waals surface area (Å²) < 4.78 is 0.974. The Morgan fingerprint density at radius 2 is 2.30 bits per heavy atom. The van der Waals surface area contributed by atoms with Crippen molar-refractivity contribution in [1.82, 2.24) is 10.3 Å². The van der Waals surface area contributed by atoms with Crippen LogP contribution in [-0.2, 0) is 4.79 Å². The summed E-state index contributed by atoms with van der Waals surface area (Å²) in [5.74, 6) is -0.327. The summed E-state index contributed by atoms with van der Waals surface area (Å²) in [5.41, 5.74) is 6.76. The highest BCUT2D eigenvalue weighted by molar-refractivity contribution is 7.20. The molecule has 1 aromatic carbocycles. The van der Waals surface area contributed by atoms with Gasteiger partial charge in [-0.2, -0.15) is 0 Å². The first-order valence-electron chi connectivity index (χ1n) is 6.58. The first-order valence-corrected chi connectivity index (χ1v) is 7.40. The molecule has 3 N–H and O–H groups in total. The second-order valence-electron chi connectivity index (χ2n) is 4.97. The van der Waals surface area contributed by atoms with Crippen LogP contribution in [-0.4, -0.2) is 29.3 Å². The number of nitrogens with zero attached hydrogens (tertiary/aromatic N) is 1. The number of fused-ring (bicyclic) bond motifs is 1. The van der Waals surface area contributed by atoms with Crippen LogP contribution in [0, 0.1) is 5.92 Å². The average Bonchev–Trinajstić information content (AvgIpc) is 3.04. The van der Waals surface area contributed by atoms with Gasteiger partial charge in [0.15, 0.2) is 5.01 Å². The molecule has 0 saturated carbocycles. The predicted molar refractivity (Wildman–Crippen MR) is 77.7 cm³/mol. The number of aromatic nitrogens is 1. The van der Waals surface area contributed by atoms with Crippen LogP contribution in [0.1, 0.15) is 22.6 Å². The van der Waals surface area contributed by atoms with E-state index in [1.807, 2.05) is 24.3 Å². The van der Waals surface area contributed by atoms with Crippen LogP contribution in [0.15, 0.2) is 24.3 Å². The van der Waals surface area contributed by atoms with Crippen LogP contribution >= 0.6 is 11.3 Å². The molecule has 1 aromatic heterocycles. The normalized spacial score (nSPS) is 20.1. The number of nitrogens with two attached hydrogens (primary N) is 1. The molecule has 1 unspecified atom stereocenters. The highest BCUT2D eigenvalue weighted by Gasteiger charge is 2.29. The lowest BCUT2D eigenvalue weighted by atomic mass is 9.97. The minimum atomic E-state index is -0.663. The quantitative estimate of drug-likeness (QED) is 0.832. The summed E-state index contributed by atoms with van der Waals surface area (Å²) in [7, 11) is 0. The van der Waals surface area contributed by atoms with Crippen molar-refractivity contribution in [3.05, 3.63) is 29.3 Å². The van der Waals surface area contributed by atoms with E-state index in [9.17, 15) is 9.59 Å². The lowest BCUT2D eigenvalue weighted by Crippen LogP contribution is -2.34. The molecule has 1 amide bonds. The molecule has 0 spiro atoms. The van der Waals surface area contributed by atoms with E-state index in [2.05, 4.69) is 10.3 Å². The fourth-order valence-corrected chi connectivity index (χ4v) is 3.39. The highest BCUT2D eigenvalue weighted by atomic mass is 32.1. The summed E-state index contributed by atoms with van der Waals surface area (Å²) in [6.45, 7) is 0.672. The number of benzene rings is 1. The van der Waals surface area contributed by atoms with E-state index in [1.165, 1.54) is 11.3 Å². The molecule has 2 aromatic rings. The van der Waals surface area contributed by atoms with Crippen molar-refractivity contribution in [2.45, 2.75) is 18.9 Å². The maximum absolute atomic E-state index is 12.3. The third-order valence-electron chi connectivity index (χ3n) is 3.54. The van der Waals surface area contributed by atoms with Gasteiger partial charge in [0.05, 0.1) is 16.3 Å². The van der Waals surface area contributed by atoms with Crippen molar-refractivity contribution >= 4 is 33.2 Å². The lowest BCUT2D eigenvalue weighted by molar-refractivity contribution is -0.122. The molecular weight excluding hydrogens is 274 g/mol. The van der Waals surface area contributed by atoms with E-state index < -0.39 is 6.04 Å². The van der Waals surface area contributed by atoms with Gasteiger partial charge in [0.1, 0.15) is 0 Å². The first-order chi connectivity index (χ1) is 9.65. The number of Topliss-reactive ketones (excluding diaryl/α,β-unsaturated/α-hetero) is 1. The van der Waals surface area contributed by atoms with Crippen LogP contribution < -0.4 is 11.1 Å². The molecular formula is C14H15N3O2S. The summed E-state index contributed by atoms with van der Waals surface area (Å²) in [5, 5.41) is 3.18. The molecule has 0 radical (unpaired) electrons. The fourth-order valence-electron chi connectivity index (χ4n) is 2.42. The summed E-state index contributed by atoms with van der Waals surface area (Å²) >= 11 is 1.35. The Morgan fingerprint density at radius 3 is 3.00 bits per heavy atom. The minimum absolute atomic E-state index is 0.00227. The van der Waals surface area contributed by atoms with Gasteiger partial charge in [0.25, 0.3) is 0 Å². The fraction of sp³-hybridized carbons (Fsp3) is 0.357. The van der Waals surface area contributed by atoms with Crippen molar-refractivity contribution in [2.24, 2.45) is 11.7 Å². The van der Waals surface area contributed by atoms with Gasteiger partial charge in [-0.25, -0.2) is 4.98 Å². The average molecular weight is 289 g/mol. The van der Waals surface area contributed by atoms with E-state index in [0.29, 0.717) is 18.0 Å². The van der Waals surface area contributed by atoms with Gasteiger partial charge < -0.3 is 11.1 Å². The van der Waals surface area contributed by atoms with Crippen LogP contribution in [0.2, 0.25) is 0 Å². The van der Waals surface area contributed by atoms with Gasteiger partial charge in [0.2, 0.25) is 11.7 Å². The smallest absolute Gasteiger partial charge is 0.223 e. The monoisotopic (exact) mass is 289 g/mol. The molecule has 3 rings (SSSR count). The molecule has 104 valence electrons. The number of nitrogens with one attached hydrogen (secondary N) is 1. The molecule has 1 saturated heterocycles. The van der Waals surface area contributed by atoms with Crippen molar-refractivity contribution < 1.29 is 9.59 Å². The van der Waals surface area contributed by atoms with Gasteiger partial charge in [-0.15, -0.1) is 11.3 Å². The van der Waals surface area contributed by atoms with Gasteiger partial charge in [-0.3, -0.25) is 9.59 Å². The van der Waals surface area contributed by atoms with Crippen molar-refractivity contribution in [3.63, 3.8) is 0 Å². The first kappa shape index (κ1) is 13.2. The van der Waals surface area contributed by atoms with E-state index in [4.69, 9.17) is 5.73 Å². The predicted octanol–water partition coefficient (Wildman–Crippen LogP) is 1.33. The minimum Gasteiger partial charge on any atom is -0.356 e. The molecule has 2 atom stereocenters. The number of para-hydroxylation sites is 1. The summed E-state index contributed by atoms with van der Waals surface area (Å²) in [6, 6.07) is 6.94. The van der Waals surface area contributed by atoms with Gasteiger partial charge >= 0.3 is 0 Å². The maximum Gasteiger partial charge on any atom is 0.223 e. The molecule has 20 heavy (non-hydrogen) atoms. The molecule has 1 aliphatic rings. The van der Waals surface area contributed by atoms with Crippen molar-refractivity contribution in [2.75, 3.05) is 6.54 Å². The Kier molecular flexibility index (Phi) is 3.50. The van der Waals surface area contributed by atoms with E-state index >= 15 is 0 Å². The Hall–Kier alpha value is -1.79. The zero-order valence-corrected chi connectivity index (χ0v) is 11.7. The molecule has 1 aliphatic heterocycles. The molecule has 1 fully saturated rings. The third-order valence-corrected chi connectivity index (χ3v) is 4.59.